The van der Waals surface area contributed by atoms with E-state index in [1.165, 1.54) is 0 Å². The minimum Gasteiger partial charge on any atom is -0.468 e. The van der Waals surface area contributed by atoms with Crippen LogP contribution in [0.2, 0.25) is 0 Å². The number of rotatable bonds is 5. The van der Waals surface area contributed by atoms with Gasteiger partial charge in [0.05, 0.1) is 19.4 Å². The van der Waals surface area contributed by atoms with Gasteiger partial charge in [0.1, 0.15) is 11.3 Å². The molecule has 0 fully saturated rings. The summed E-state index contributed by atoms with van der Waals surface area (Å²) in [5, 5.41) is 0.949. The van der Waals surface area contributed by atoms with Crippen molar-refractivity contribution in [3.63, 3.8) is 0 Å². The first kappa shape index (κ1) is 12.7. The Balaban J connectivity index is 1.69. The predicted molar refractivity (Wildman–Crippen MR) is 75.6 cm³/mol. The van der Waals surface area contributed by atoms with E-state index in [4.69, 9.17) is 8.83 Å². The fourth-order valence-corrected chi connectivity index (χ4v) is 2.17. The fourth-order valence-electron chi connectivity index (χ4n) is 2.17. The van der Waals surface area contributed by atoms with Gasteiger partial charge in [0, 0.05) is 5.39 Å². The lowest BCUT2D eigenvalue weighted by atomic mass is 10.2. The summed E-state index contributed by atoms with van der Waals surface area (Å²) in [5.41, 5.74) is 0.740. The normalized spacial score (nSPS) is 11.3. The maximum Gasteiger partial charge on any atom is 0.211 e. The number of ketones is 1. The number of carbonyl (C=O) groups is 1. The first-order valence-electron chi connectivity index (χ1n) is 6.45. The van der Waals surface area contributed by atoms with E-state index < -0.39 is 0 Å². The third-order valence-electron chi connectivity index (χ3n) is 3.12. The molecule has 0 saturated carbocycles. The Morgan fingerprint density at radius 3 is 2.80 bits per heavy atom. The highest BCUT2D eigenvalue weighted by molar-refractivity contribution is 5.98. The Kier molecular flexibility index (Phi) is 3.39. The average Bonchev–Trinajstić information content (AvgIpc) is 3.06. The van der Waals surface area contributed by atoms with Crippen LogP contribution in [-0.2, 0) is 6.54 Å². The molecule has 0 radical (unpaired) electrons. The summed E-state index contributed by atoms with van der Waals surface area (Å²) in [7, 11) is 1.88. The minimum atomic E-state index is -0.0322. The van der Waals surface area contributed by atoms with Gasteiger partial charge in [-0.15, -0.1) is 0 Å². The van der Waals surface area contributed by atoms with Gasteiger partial charge in [-0.1, -0.05) is 18.2 Å². The molecule has 0 unspecified atom stereocenters. The largest absolute Gasteiger partial charge is 0.468 e. The van der Waals surface area contributed by atoms with Crippen LogP contribution in [0.15, 0.2) is 57.6 Å². The SMILES string of the molecule is CN(CC(=O)c1cc2ccccc2o1)Cc1ccco1. The van der Waals surface area contributed by atoms with Crippen LogP contribution in [0.25, 0.3) is 11.0 Å². The van der Waals surface area contributed by atoms with Crippen LogP contribution >= 0.6 is 0 Å². The van der Waals surface area contributed by atoms with Crippen molar-refractivity contribution in [2.75, 3.05) is 13.6 Å². The Labute approximate surface area is 116 Å². The van der Waals surface area contributed by atoms with Crippen molar-refractivity contribution in [2.45, 2.75) is 6.54 Å². The van der Waals surface area contributed by atoms with E-state index in [9.17, 15) is 4.79 Å². The predicted octanol–water partition coefficient (Wildman–Crippen LogP) is 3.34. The van der Waals surface area contributed by atoms with Gasteiger partial charge in [-0.25, -0.2) is 0 Å². The number of furan rings is 2. The molecule has 2 aromatic heterocycles. The lowest BCUT2D eigenvalue weighted by Crippen LogP contribution is -2.25. The second kappa shape index (κ2) is 5.35. The van der Waals surface area contributed by atoms with Crippen molar-refractivity contribution in [3.8, 4) is 0 Å². The van der Waals surface area contributed by atoms with Gasteiger partial charge in [0.15, 0.2) is 5.76 Å². The molecule has 0 spiro atoms. The van der Waals surface area contributed by atoms with Crippen molar-refractivity contribution in [1.82, 2.24) is 4.90 Å². The van der Waals surface area contributed by atoms with E-state index in [0.29, 0.717) is 18.8 Å². The van der Waals surface area contributed by atoms with Crippen LogP contribution in [-0.4, -0.2) is 24.3 Å². The van der Waals surface area contributed by atoms with E-state index in [2.05, 4.69) is 0 Å². The molecule has 3 rings (SSSR count). The van der Waals surface area contributed by atoms with Crippen LogP contribution in [0, 0.1) is 0 Å². The second-order valence-corrected chi connectivity index (χ2v) is 4.82. The van der Waals surface area contributed by atoms with E-state index in [0.717, 1.165) is 16.7 Å². The number of hydrogen-bond acceptors (Lipinski definition) is 4. The monoisotopic (exact) mass is 269 g/mol. The summed E-state index contributed by atoms with van der Waals surface area (Å²) in [6, 6.07) is 13.1. The highest BCUT2D eigenvalue weighted by atomic mass is 16.3. The number of carbonyl (C=O) groups excluding carboxylic acids is 1. The molecule has 0 aliphatic heterocycles. The molecule has 0 N–H and O–H groups in total. The molecule has 3 aromatic rings. The number of fused-ring (bicyclic) bond motifs is 1. The summed E-state index contributed by atoms with van der Waals surface area (Å²) in [6.45, 7) is 0.888. The van der Waals surface area contributed by atoms with Gasteiger partial charge < -0.3 is 8.83 Å². The molecule has 4 heteroatoms. The molecule has 1 aromatic carbocycles. The lowest BCUT2D eigenvalue weighted by Gasteiger charge is -2.12. The fraction of sp³-hybridized carbons (Fsp3) is 0.188. The quantitative estimate of drug-likeness (QED) is 0.666. The van der Waals surface area contributed by atoms with Gasteiger partial charge in [-0.3, -0.25) is 9.69 Å². The highest BCUT2D eigenvalue weighted by Gasteiger charge is 2.15. The lowest BCUT2D eigenvalue weighted by molar-refractivity contribution is 0.0914. The third kappa shape index (κ3) is 2.65. The molecule has 0 atom stereocenters. The number of para-hydroxylation sites is 1. The van der Waals surface area contributed by atoms with Crippen molar-refractivity contribution in [1.29, 1.82) is 0 Å². The standard InChI is InChI=1S/C16H15NO3/c1-17(10-13-6-4-8-19-13)11-14(18)16-9-12-5-2-3-7-15(12)20-16/h2-9H,10-11H2,1H3. The zero-order chi connectivity index (χ0) is 13.9. The van der Waals surface area contributed by atoms with Gasteiger partial charge in [0.25, 0.3) is 0 Å². The van der Waals surface area contributed by atoms with Crippen LogP contribution < -0.4 is 0 Å². The summed E-state index contributed by atoms with van der Waals surface area (Å²) >= 11 is 0. The minimum absolute atomic E-state index is 0.0322. The summed E-state index contributed by atoms with van der Waals surface area (Å²) in [4.78, 5) is 14.1. The molecule has 0 aliphatic rings. The van der Waals surface area contributed by atoms with Crippen LogP contribution in [0.4, 0.5) is 0 Å². The summed E-state index contributed by atoms with van der Waals surface area (Å²) in [5.74, 6) is 1.21. The van der Waals surface area contributed by atoms with E-state index >= 15 is 0 Å². The van der Waals surface area contributed by atoms with Crippen LogP contribution in [0.3, 0.4) is 0 Å². The Bertz CT molecular complexity index is 679. The van der Waals surface area contributed by atoms with E-state index in [1.54, 1.807) is 12.3 Å². The van der Waals surface area contributed by atoms with E-state index in [1.807, 2.05) is 48.3 Å². The van der Waals surface area contributed by atoms with Crippen molar-refractivity contribution < 1.29 is 13.6 Å². The third-order valence-corrected chi connectivity index (χ3v) is 3.12. The summed E-state index contributed by atoms with van der Waals surface area (Å²) in [6.07, 6.45) is 1.63. The van der Waals surface area contributed by atoms with Crippen LogP contribution in [0.5, 0.6) is 0 Å². The second-order valence-electron chi connectivity index (χ2n) is 4.82. The van der Waals surface area contributed by atoms with Crippen LogP contribution in [0.1, 0.15) is 16.3 Å². The molecule has 20 heavy (non-hydrogen) atoms. The molecule has 2 heterocycles. The Morgan fingerprint density at radius 2 is 2.05 bits per heavy atom. The number of nitrogens with zero attached hydrogens (tertiary/aromatic N) is 1. The highest BCUT2D eigenvalue weighted by Crippen LogP contribution is 2.19. The summed E-state index contributed by atoms with van der Waals surface area (Å²) < 4.78 is 10.8. The molecular weight excluding hydrogens is 254 g/mol. The zero-order valence-electron chi connectivity index (χ0n) is 11.2. The molecule has 0 aliphatic carbocycles. The first-order chi connectivity index (χ1) is 9.72. The molecule has 0 saturated heterocycles. The molecule has 102 valence electrons. The van der Waals surface area contributed by atoms with Crippen molar-refractivity contribution in [3.05, 3.63) is 60.2 Å². The molecule has 0 bridgehead atoms. The van der Waals surface area contributed by atoms with E-state index in [-0.39, 0.29) is 5.78 Å². The first-order valence-corrected chi connectivity index (χ1v) is 6.45. The maximum atomic E-state index is 12.2. The Hall–Kier alpha value is -2.33. The van der Waals surface area contributed by atoms with Gasteiger partial charge in [-0.05, 0) is 31.3 Å². The van der Waals surface area contributed by atoms with Gasteiger partial charge in [-0.2, -0.15) is 0 Å². The number of likely N-dealkylation sites (N-methyl/N-ethyl adjacent to an activating group) is 1. The van der Waals surface area contributed by atoms with Gasteiger partial charge >= 0.3 is 0 Å². The number of hydrogen-bond donors (Lipinski definition) is 0. The maximum absolute atomic E-state index is 12.2. The molecule has 4 nitrogen and oxygen atoms in total. The topological polar surface area (TPSA) is 46.6 Å². The van der Waals surface area contributed by atoms with Crippen molar-refractivity contribution in [2.24, 2.45) is 0 Å². The zero-order valence-corrected chi connectivity index (χ0v) is 11.2. The Morgan fingerprint density at radius 1 is 1.20 bits per heavy atom. The molecule has 0 amide bonds. The van der Waals surface area contributed by atoms with Crippen molar-refractivity contribution >= 4 is 16.8 Å². The average molecular weight is 269 g/mol. The van der Waals surface area contributed by atoms with Gasteiger partial charge in [0.2, 0.25) is 5.78 Å². The number of benzene rings is 1. The number of Topliss-reactive ketones (excluding diaryl/α,β-unsaturated/α-hetero) is 1. The smallest absolute Gasteiger partial charge is 0.211 e. The molecular formula is C16H15NO3.